The van der Waals surface area contributed by atoms with Crippen LogP contribution in [0, 0.1) is 0 Å². The maximum atomic E-state index is 13.3. The first-order valence-corrected chi connectivity index (χ1v) is 29.9. The molecule has 0 aromatic carbocycles. The molecule has 6 nitrogen and oxygen atoms in total. The zero-order valence-electron chi connectivity index (χ0n) is 46.1. The number of unbranched alkanes of at least 4 members (excludes halogenated alkanes) is 32. The van der Waals surface area contributed by atoms with Crippen LogP contribution in [0.1, 0.15) is 284 Å². The molecule has 0 rings (SSSR count). The highest BCUT2D eigenvalue weighted by atomic mass is 16.5. The van der Waals surface area contributed by atoms with Gasteiger partial charge in [-0.1, -0.05) is 292 Å². The summed E-state index contributed by atoms with van der Waals surface area (Å²) in [5.74, 6) is -0.547. The Kier molecular flexibility index (Phi) is 54.5. The fourth-order valence-corrected chi connectivity index (χ4v) is 8.88. The van der Waals surface area contributed by atoms with Gasteiger partial charge in [0.2, 0.25) is 5.91 Å². The van der Waals surface area contributed by atoms with Crippen LogP contribution in [-0.2, 0) is 14.3 Å². The number of amides is 1. The lowest BCUT2D eigenvalue weighted by atomic mass is 10.0. The summed E-state index contributed by atoms with van der Waals surface area (Å²) >= 11 is 0. The van der Waals surface area contributed by atoms with Crippen molar-refractivity contribution in [2.75, 3.05) is 6.61 Å². The van der Waals surface area contributed by atoms with Crippen molar-refractivity contribution in [3.8, 4) is 0 Å². The molecule has 0 fully saturated rings. The molecule has 6 heteroatoms. The van der Waals surface area contributed by atoms with Gasteiger partial charge in [-0.3, -0.25) is 9.59 Å². The number of carbonyl (C=O) groups excluding carboxylic acids is 2. The first-order valence-electron chi connectivity index (χ1n) is 29.9. The third-order valence-electron chi connectivity index (χ3n) is 13.4. The Balaban J connectivity index is 4.62. The standard InChI is InChI=1S/C64H113NO5/c1-4-7-10-13-16-19-22-25-28-30-31-33-36-39-42-45-48-51-54-57-64(69)70-60(55-52-49-46-43-40-37-34-27-24-21-18-15-12-9-6-3)58-63(68)65-61(59-66)62(67)56-53-50-47-44-41-38-35-32-29-26-23-20-17-14-11-8-5-2/h9,12,15,18,21,24-25,27-28,34,37,40,43,46,60-62,66-67H,4-8,10-11,13-14,16-17,19-20,22-23,26,29-33,35-36,38-39,41-42,44-45,47-59H2,1-3H3,(H,65,68)/b12-9-,18-15+,24-21+,28-25+,34-27-,40-37+,46-43+. The normalized spacial score (nSPS) is 13.7. The summed E-state index contributed by atoms with van der Waals surface area (Å²) in [6, 6.07) is -0.731. The molecule has 0 bridgehead atoms. The minimum atomic E-state index is -0.813. The number of esters is 1. The van der Waals surface area contributed by atoms with Crippen molar-refractivity contribution in [1.29, 1.82) is 0 Å². The summed E-state index contributed by atoms with van der Waals surface area (Å²) in [5.41, 5.74) is 0. The van der Waals surface area contributed by atoms with Gasteiger partial charge in [0.1, 0.15) is 6.10 Å². The Morgan fingerprint density at radius 2 is 0.800 bits per heavy atom. The van der Waals surface area contributed by atoms with Crippen LogP contribution in [0.5, 0.6) is 0 Å². The molecule has 70 heavy (non-hydrogen) atoms. The number of rotatable bonds is 53. The first-order chi connectivity index (χ1) is 34.5. The highest BCUT2D eigenvalue weighted by Crippen LogP contribution is 2.18. The number of carbonyl (C=O) groups is 2. The Hall–Kier alpha value is -2.96. The van der Waals surface area contributed by atoms with E-state index in [1.165, 1.54) is 180 Å². The topological polar surface area (TPSA) is 95.9 Å². The molecule has 0 aliphatic rings. The predicted octanol–water partition coefficient (Wildman–Crippen LogP) is 18.7. The Morgan fingerprint density at radius 1 is 0.429 bits per heavy atom. The van der Waals surface area contributed by atoms with E-state index in [4.69, 9.17) is 4.74 Å². The lowest BCUT2D eigenvalue weighted by Gasteiger charge is -2.24. The van der Waals surface area contributed by atoms with E-state index in [1.807, 2.05) is 60.8 Å². The predicted molar refractivity (Wildman–Crippen MR) is 305 cm³/mol. The van der Waals surface area contributed by atoms with Gasteiger partial charge in [-0.15, -0.1) is 0 Å². The van der Waals surface area contributed by atoms with E-state index in [0.29, 0.717) is 19.3 Å². The molecule has 0 saturated carbocycles. The monoisotopic (exact) mass is 976 g/mol. The smallest absolute Gasteiger partial charge is 0.306 e. The van der Waals surface area contributed by atoms with E-state index < -0.39 is 18.2 Å². The lowest BCUT2D eigenvalue weighted by molar-refractivity contribution is -0.151. The van der Waals surface area contributed by atoms with E-state index in [-0.39, 0.29) is 24.9 Å². The molecule has 0 aliphatic carbocycles. The van der Waals surface area contributed by atoms with Crippen LogP contribution in [0.3, 0.4) is 0 Å². The van der Waals surface area contributed by atoms with Crippen molar-refractivity contribution in [3.05, 3.63) is 85.1 Å². The van der Waals surface area contributed by atoms with E-state index in [2.05, 4.69) is 50.4 Å². The molecule has 0 saturated heterocycles. The van der Waals surface area contributed by atoms with Gasteiger partial charge >= 0.3 is 5.97 Å². The van der Waals surface area contributed by atoms with Gasteiger partial charge in [0.15, 0.2) is 0 Å². The zero-order chi connectivity index (χ0) is 50.9. The molecule has 1 amide bonds. The number of hydrogen-bond donors (Lipinski definition) is 3. The highest BCUT2D eigenvalue weighted by Gasteiger charge is 2.24. The molecule has 0 aromatic rings. The van der Waals surface area contributed by atoms with Gasteiger partial charge < -0.3 is 20.3 Å². The summed E-state index contributed by atoms with van der Waals surface area (Å²) in [7, 11) is 0. The quantitative estimate of drug-likeness (QED) is 0.0244. The number of hydrogen-bond acceptors (Lipinski definition) is 5. The number of aliphatic hydroxyl groups excluding tert-OH is 2. The van der Waals surface area contributed by atoms with Crippen LogP contribution in [-0.4, -0.2) is 46.9 Å². The molecule has 3 unspecified atom stereocenters. The fourth-order valence-electron chi connectivity index (χ4n) is 8.88. The van der Waals surface area contributed by atoms with Crippen molar-refractivity contribution < 1.29 is 24.5 Å². The summed E-state index contributed by atoms with van der Waals surface area (Å²) in [5, 5.41) is 23.9. The largest absolute Gasteiger partial charge is 0.462 e. The lowest BCUT2D eigenvalue weighted by Crippen LogP contribution is -2.46. The molecule has 3 atom stereocenters. The number of allylic oxidation sites excluding steroid dienone is 14. The van der Waals surface area contributed by atoms with Crippen LogP contribution in [0.2, 0.25) is 0 Å². The van der Waals surface area contributed by atoms with Crippen LogP contribution in [0.25, 0.3) is 0 Å². The summed E-state index contributed by atoms with van der Waals surface area (Å²) in [4.78, 5) is 26.3. The van der Waals surface area contributed by atoms with E-state index in [1.54, 1.807) is 0 Å². The average molecular weight is 977 g/mol. The third-order valence-corrected chi connectivity index (χ3v) is 13.4. The first kappa shape index (κ1) is 67.0. The van der Waals surface area contributed by atoms with Crippen LogP contribution < -0.4 is 5.32 Å². The van der Waals surface area contributed by atoms with Crippen molar-refractivity contribution >= 4 is 11.9 Å². The second kappa shape index (κ2) is 56.9. The van der Waals surface area contributed by atoms with Gasteiger partial charge in [0.25, 0.3) is 0 Å². The Morgan fingerprint density at radius 3 is 1.23 bits per heavy atom. The van der Waals surface area contributed by atoms with Gasteiger partial charge in [0, 0.05) is 6.42 Å². The van der Waals surface area contributed by atoms with Gasteiger partial charge in [-0.05, 0) is 64.2 Å². The van der Waals surface area contributed by atoms with Crippen LogP contribution >= 0.6 is 0 Å². The van der Waals surface area contributed by atoms with E-state index >= 15 is 0 Å². The van der Waals surface area contributed by atoms with E-state index in [0.717, 1.165) is 57.8 Å². The maximum absolute atomic E-state index is 13.3. The molecule has 0 aromatic heterocycles. The molecule has 0 spiro atoms. The molecule has 0 aliphatic heterocycles. The van der Waals surface area contributed by atoms with Crippen LogP contribution in [0.15, 0.2) is 85.1 Å². The molecule has 3 N–H and O–H groups in total. The fraction of sp³-hybridized carbons (Fsp3) is 0.750. The highest BCUT2D eigenvalue weighted by molar-refractivity contribution is 5.77. The van der Waals surface area contributed by atoms with E-state index in [9.17, 15) is 19.8 Å². The van der Waals surface area contributed by atoms with Crippen molar-refractivity contribution in [1.82, 2.24) is 5.32 Å². The van der Waals surface area contributed by atoms with Crippen LogP contribution in [0.4, 0.5) is 0 Å². The second-order valence-electron chi connectivity index (χ2n) is 20.2. The number of aliphatic hydroxyl groups is 2. The Labute approximate surface area is 433 Å². The second-order valence-corrected chi connectivity index (χ2v) is 20.2. The molecule has 0 radical (unpaired) electrons. The molecular weight excluding hydrogens is 863 g/mol. The number of nitrogens with one attached hydrogen (secondary N) is 1. The summed E-state index contributed by atoms with van der Waals surface area (Å²) < 4.78 is 5.93. The minimum Gasteiger partial charge on any atom is -0.462 e. The minimum absolute atomic E-state index is 0.0234. The summed E-state index contributed by atoms with van der Waals surface area (Å²) in [6.07, 6.45) is 75.2. The van der Waals surface area contributed by atoms with Crippen molar-refractivity contribution in [3.63, 3.8) is 0 Å². The van der Waals surface area contributed by atoms with Gasteiger partial charge in [-0.25, -0.2) is 0 Å². The average Bonchev–Trinajstić information content (AvgIpc) is 3.35. The third kappa shape index (κ3) is 51.4. The number of ether oxygens (including phenoxy) is 1. The van der Waals surface area contributed by atoms with Gasteiger partial charge in [-0.2, -0.15) is 0 Å². The summed E-state index contributed by atoms with van der Waals surface area (Å²) in [6.45, 7) is 6.34. The van der Waals surface area contributed by atoms with Crippen molar-refractivity contribution in [2.45, 2.75) is 302 Å². The molecule has 404 valence electrons. The zero-order valence-corrected chi connectivity index (χ0v) is 46.1. The molecule has 0 heterocycles. The van der Waals surface area contributed by atoms with Crippen molar-refractivity contribution in [2.24, 2.45) is 0 Å². The molecular formula is C64H113NO5. The Bertz CT molecular complexity index is 1330. The maximum Gasteiger partial charge on any atom is 0.306 e. The SMILES string of the molecule is CC\C=C/C=C/C=C/C=C\C=C\C=C\CCCC(CC(=O)NC(CO)C(O)CCCCCCCCCCCCCCCCCCC)OC(=O)CCCCCCCCCCC/C=C/CCCCCCCC. The van der Waals surface area contributed by atoms with Gasteiger partial charge in [0.05, 0.1) is 25.2 Å².